The Balaban J connectivity index is 1.99. The summed E-state index contributed by atoms with van der Waals surface area (Å²) in [6.07, 6.45) is 5.84. The molecular weight excluding hydrogens is 280 g/mol. The second-order valence-electron chi connectivity index (χ2n) is 5.88. The Hall–Kier alpha value is -2.16. The first kappa shape index (κ1) is 16.2. The molecule has 0 radical (unpaired) electrons. The average Bonchev–Trinajstić information content (AvgIpc) is 2.51. The summed E-state index contributed by atoms with van der Waals surface area (Å²) < 4.78 is 1.22. The Bertz CT molecular complexity index is 651. The summed E-state index contributed by atoms with van der Waals surface area (Å²) in [5.74, 6) is -0.0580. The predicted octanol–water partition coefficient (Wildman–Crippen LogP) is 1.57. The largest absolute Gasteiger partial charge is 0.353 e. The summed E-state index contributed by atoms with van der Waals surface area (Å²) in [4.78, 5) is 24.1. The lowest BCUT2D eigenvalue weighted by molar-refractivity contribution is -0.122. The minimum Gasteiger partial charge on any atom is -0.353 e. The van der Waals surface area contributed by atoms with Crippen LogP contribution in [-0.2, 0) is 11.3 Å². The fourth-order valence-corrected chi connectivity index (χ4v) is 2.81. The van der Waals surface area contributed by atoms with E-state index in [0.29, 0.717) is 11.3 Å². The van der Waals surface area contributed by atoms with Gasteiger partial charge in [0, 0.05) is 12.5 Å². The van der Waals surface area contributed by atoms with Crippen molar-refractivity contribution >= 4 is 5.91 Å². The minimum absolute atomic E-state index is 0.0580. The van der Waals surface area contributed by atoms with E-state index in [9.17, 15) is 9.59 Å². The molecule has 0 saturated heterocycles. The van der Waals surface area contributed by atoms with Gasteiger partial charge in [-0.1, -0.05) is 19.3 Å². The van der Waals surface area contributed by atoms with E-state index >= 15 is 0 Å². The molecule has 1 heterocycles. The molecule has 118 valence electrons. The minimum atomic E-state index is -0.420. The van der Waals surface area contributed by atoms with Crippen LogP contribution in [0.25, 0.3) is 0 Å². The van der Waals surface area contributed by atoms with Crippen LogP contribution in [0.15, 0.2) is 4.79 Å². The molecule has 6 nitrogen and oxygen atoms in total. The van der Waals surface area contributed by atoms with Crippen LogP contribution in [0.2, 0.25) is 0 Å². The average molecular weight is 302 g/mol. The van der Waals surface area contributed by atoms with Crippen molar-refractivity contribution in [1.29, 1.82) is 5.26 Å². The molecule has 0 atom stereocenters. The van der Waals surface area contributed by atoms with Gasteiger partial charge in [0.2, 0.25) is 5.91 Å². The van der Waals surface area contributed by atoms with Crippen LogP contribution in [0.4, 0.5) is 0 Å². The monoisotopic (exact) mass is 302 g/mol. The van der Waals surface area contributed by atoms with Crippen molar-refractivity contribution in [3.8, 4) is 6.07 Å². The molecule has 1 aromatic rings. The molecule has 0 unspecified atom stereocenters. The van der Waals surface area contributed by atoms with Crippen LogP contribution in [-0.4, -0.2) is 21.7 Å². The molecule has 0 aliphatic heterocycles. The number of nitrogens with zero attached hydrogens (tertiary/aromatic N) is 3. The van der Waals surface area contributed by atoms with Gasteiger partial charge in [-0.3, -0.25) is 9.59 Å². The van der Waals surface area contributed by atoms with Gasteiger partial charge >= 0.3 is 0 Å². The third kappa shape index (κ3) is 3.73. The topological polar surface area (TPSA) is 87.8 Å². The van der Waals surface area contributed by atoms with Crippen LogP contribution in [0, 0.1) is 25.2 Å². The Morgan fingerprint density at radius 3 is 2.68 bits per heavy atom. The molecule has 1 N–H and O–H groups in total. The number of nitriles is 1. The summed E-state index contributed by atoms with van der Waals surface area (Å²) in [7, 11) is 0. The Kier molecular flexibility index (Phi) is 5.31. The van der Waals surface area contributed by atoms with Crippen LogP contribution in [0.3, 0.4) is 0 Å². The first-order chi connectivity index (χ1) is 10.5. The standard InChI is InChI=1S/C16H22N4O2/c1-11-12(2)19-20(16(22)14(11)10-17)9-8-15(21)18-13-6-4-3-5-7-13/h13H,3-9H2,1-2H3,(H,18,21). The van der Waals surface area contributed by atoms with Crippen LogP contribution in [0.5, 0.6) is 0 Å². The van der Waals surface area contributed by atoms with Crippen molar-refractivity contribution < 1.29 is 4.79 Å². The summed E-state index contributed by atoms with van der Waals surface area (Å²) in [5.41, 5.74) is 0.940. The Morgan fingerprint density at radius 2 is 2.05 bits per heavy atom. The maximum absolute atomic E-state index is 12.1. The van der Waals surface area contributed by atoms with Crippen LogP contribution in [0.1, 0.15) is 55.3 Å². The van der Waals surface area contributed by atoms with E-state index in [2.05, 4.69) is 10.4 Å². The lowest BCUT2D eigenvalue weighted by atomic mass is 9.95. The number of carbonyl (C=O) groups is 1. The molecular formula is C16H22N4O2. The third-order valence-electron chi connectivity index (χ3n) is 4.27. The highest BCUT2D eigenvalue weighted by molar-refractivity contribution is 5.76. The first-order valence-corrected chi connectivity index (χ1v) is 7.80. The number of carbonyl (C=O) groups excluding carboxylic acids is 1. The third-order valence-corrected chi connectivity index (χ3v) is 4.27. The Morgan fingerprint density at radius 1 is 1.36 bits per heavy atom. The fourth-order valence-electron chi connectivity index (χ4n) is 2.81. The van der Waals surface area contributed by atoms with Gasteiger partial charge in [-0.2, -0.15) is 10.4 Å². The molecule has 6 heteroatoms. The molecule has 2 rings (SSSR count). The Labute approximate surface area is 130 Å². The molecule has 1 saturated carbocycles. The summed E-state index contributed by atoms with van der Waals surface area (Å²) in [5, 5.41) is 16.3. The summed E-state index contributed by atoms with van der Waals surface area (Å²) in [6.45, 7) is 3.67. The van der Waals surface area contributed by atoms with Gasteiger partial charge in [-0.15, -0.1) is 0 Å². The molecule has 1 amide bonds. The molecule has 0 bridgehead atoms. The normalized spacial score (nSPS) is 15.3. The second kappa shape index (κ2) is 7.21. The smallest absolute Gasteiger partial charge is 0.284 e. The van der Waals surface area contributed by atoms with E-state index in [1.54, 1.807) is 13.8 Å². The van der Waals surface area contributed by atoms with Gasteiger partial charge in [0.15, 0.2) is 0 Å². The zero-order valence-corrected chi connectivity index (χ0v) is 13.2. The fraction of sp³-hybridized carbons (Fsp3) is 0.625. The zero-order chi connectivity index (χ0) is 16.1. The molecule has 0 aromatic carbocycles. The lowest BCUT2D eigenvalue weighted by Gasteiger charge is -2.22. The van der Waals surface area contributed by atoms with Gasteiger partial charge in [0.1, 0.15) is 11.6 Å². The molecule has 22 heavy (non-hydrogen) atoms. The second-order valence-corrected chi connectivity index (χ2v) is 5.88. The quantitative estimate of drug-likeness (QED) is 0.914. The number of aromatic nitrogens is 2. The van der Waals surface area contributed by atoms with E-state index in [4.69, 9.17) is 5.26 Å². The molecule has 0 spiro atoms. The number of rotatable bonds is 4. The molecule has 1 aliphatic rings. The van der Waals surface area contributed by atoms with Gasteiger partial charge in [-0.25, -0.2) is 4.68 Å². The number of aryl methyl sites for hydroxylation is 2. The van der Waals surface area contributed by atoms with E-state index in [-0.39, 0.29) is 30.5 Å². The SMILES string of the molecule is Cc1nn(CCC(=O)NC2CCCCC2)c(=O)c(C#N)c1C. The summed E-state index contributed by atoms with van der Waals surface area (Å²) >= 11 is 0. The molecule has 1 aliphatic carbocycles. The highest BCUT2D eigenvalue weighted by atomic mass is 16.2. The molecule has 1 fully saturated rings. The number of hydrogen-bond acceptors (Lipinski definition) is 4. The predicted molar refractivity (Wildman–Crippen MR) is 82.3 cm³/mol. The first-order valence-electron chi connectivity index (χ1n) is 7.80. The highest BCUT2D eigenvalue weighted by Crippen LogP contribution is 2.17. The number of hydrogen-bond donors (Lipinski definition) is 1. The van der Waals surface area contributed by atoms with Crippen LogP contribution < -0.4 is 10.9 Å². The van der Waals surface area contributed by atoms with Gasteiger partial charge in [-0.05, 0) is 32.3 Å². The van der Waals surface area contributed by atoms with Crippen molar-refractivity contribution in [2.24, 2.45) is 0 Å². The molecule has 1 aromatic heterocycles. The summed E-state index contributed by atoms with van der Waals surface area (Å²) in [6, 6.07) is 2.19. The maximum Gasteiger partial charge on any atom is 0.284 e. The van der Waals surface area contributed by atoms with E-state index in [1.807, 2.05) is 6.07 Å². The van der Waals surface area contributed by atoms with E-state index < -0.39 is 5.56 Å². The number of nitrogens with one attached hydrogen (secondary N) is 1. The van der Waals surface area contributed by atoms with Crippen LogP contribution >= 0.6 is 0 Å². The van der Waals surface area contributed by atoms with Crippen molar-refractivity contribution in [3.63, 3.8) is 0 Å². The van der Waals surface area contributed by atoms with Gasteiger partial charge in [0.25, 0.3) is 5.56 Å². The van der Waals surface area contributed by atoms with Crippen molar-refractivity contribution in [2.75, 3.05) is 0 Å². The maximum atomic E-state index is 12.1. The number of amides is 1. The van der Waals surface area contributed by atoms with Gasteiger partial charge in [0.05, 0.1) is 12.2 Å². The van der Waals surface area contributed by atoms with Crippen molar-refractivity contribution in [1.82, 2.24) is 15.1 Å². The van der Waals surface area contributed by atoms with Crippen molar-refractivity contribution in [2.45, 2.75) is 65.0 Å². The highest BCUT2D eigenvalue weighted by Gasteiger charge is 2.16. The zero-order valence-electron chi connectivity index (χ0n) is 13.2. The lowest BCUT2D eigenvalue weighted by Crippen LogP contribution is -2.37. The van der Waals surface area contributed by atoms with E-state index in [0.717, 1.165) is 25.7 Å². The van der Waals surface area contributed by atoms with E-state index in [1.165, 1.54) is 11.1 Å². The van der Waals surface area contributed by atoms with Crippen molar-refractivity contribution in [3.05, 3.63) is 27.2 Å². The van der Waals surface area contributed by atoms with Gasteiger partial charge < -0.3 is 5.32 Å².